The zero-order chi connectivity index (χ0) is 14.7. The number of rotatable bonds is 4. The SMILES string of the molecule is CC(O)c1ccccc1NC(=O)c1ccc([N+](=O)[O-])o1. The summed E-state index contributed by atoms with van der Waals surface area (Å²) in [4.78, 5) is 21.7. The fraction of sp³-hybridized carbons (Fsp3) is 0.154. The number of hydrogen-bond acceptors (Lipinski definition) is 5. The number of hydrogen-bond donors (Lipinski definition) is 2. The van der Waals surface area contributed by atoms with Gasteiger partial charge in [0, 0.05) is 11.3 Å². The molecule has 0 bridgehead atoms. The molecule has 20 heavy (non-hydrogen) atoms. The van der Waals surface area contributed by atoms with Gasteiger partial charge in [-0.25, -0.2) is 0 Å². The molecule has 2 rings (SSSR count). The van der Waals surface area contributed by atoms with Crippen molar-refractivity contribution in [3.63, 3.8) is 0 Å². The van der Waals surface area contributed by atoms with Gasteiger partial charge in [0.25, 0.3) is 5.91 Å². The number of carbonyl (C=O) groups excluding carboxylic acids is 1. The Hall–Kier alpha value is -2.67. The normalized spacial score (nSPS) is 11.9. The number of aliphatic hydroxyl groups excluding tert-OH is 1. The Bertz CT molecular complexity index is 648. The van der Waals surface area contributed by atoms with Crippen LogP contribution >= 0.6 is 0 Å². The first-order valence-corrected chi connectivity index (χ1v) is 5.81. The fourth-order valence-corrected chi connectivity index (χ4v) is 1.71. The lowest BCUT2D eigenvalue weighted by molar-refractivity contribution is -0.402. The van der Waals surface area contributed by atoms with Gasteiger partial charge >= 0.3 is 5.88 Å². The zero-order valence-electron chi connectivity index (χ0n) is 10.6. The standard InChI is InChI=1S/C13H12N2O5/c1-8(16)9-4-2-3-5-10(9)14-13(17)11-6-7-12(20-11)15(18)19/h2-8,16H,1H3,(H,14,17). The van der Waals surface area contributed by atoms with Crippen molar-refractivity contribution in [1.82, 2.24) is 0 Å². The molecular formula is C13H12N2O5. The van der Waals surface area contributed by atoms with E-state index in [1.54, 1.807) is 31.2 Å². The Labute approximate surface area is 114 Å². The average molecular weight is 276 g/mol. The molecule has 1 aromatic heterocycles. The van der Waals surface area contributed by atoms with Crippen LogP contribution in [-0.4, -0.2) is 15.9 Å². The van der Waals surface area contributed by atoms with Gasteiger partial charge in [-0.05, 0) is 19.1 Å². The van der Waals surface area contributed by atoms with E-state index in [4.69, 9.17) is 4.42 Å². The van der Waals surface area contributed by atoms with Crippen LogP contribution in [0.2, 0.25) is 0 Å². The van der Waals surface area contributed by atoms with Crippen molar-refractivity contribution in [3.05, 3.63) is 57.8 Å². The molecule has 0 saturated heterocycles. The van der Waals surface area contributed by atoms with E-state index >= 15 is 0 Å². The smallest absolute Gasteiger partial charge is 0.395 e. The molecule has 0 aliphatic heterocycles. The molecule has 1 aromatic carbocycles. The third kappa shape index (κ3) is 2.83. The van der Waals surface area contributed by atoms with Crippen LogP contribution in [0.3, 0.4) is 0 Å². The summed E-state index contributed by atoms with van der Waals surface area (Å²) >= 11 is 0. The Morgan fingerprint density at radius 3 is 2.65 bits per heavy atom. The van der Waals surface area contributed by atoms with E-state index in [-0.39, 0.29) is 5.76 Å². The van der Waals surface area contributed by atoms with Crippen molar-refractivity contribution in [2.24, 2.45) is 0 Å². The first-order valence-electron chi connectivity index (χ1n) is 5.81. The Morgan fingerprint density at radius 2 is 2.05 bits per heavy atom. The summed E-state index contributed by atoms with van der Waals surface area (Å²) in [6.07, 6.45) is -0.752. The van der Waals surface area contributed by atoms with Crippen LogP contribution in [0, 0.1) is 10.1 Å². The molecule has 0 aliphatic rings. The molecule has 1 atom stereocenters. The number of carbonyl (C=O) groups is 1. The first-order chi connectivity index (χ1) is 9.49. The van der Waals surface area contributed by atoms with Crippen molar-refractivity contribution in [3.8, 4) is 0 Å². The van der Waals surface area contributed by atoms with Crippen LogP contribution in [0.5, 0.6) is 0 Å². The lowest BCUT2D eigenvalue weighted by atomic mass is 10.1. The topological polar surface area (TPSA) is 106 Å². The van der Waals surface area contributed by atoms with Crippen molar-refractivity contribution in [1.29, 1.82) is 0 Å². The Kier molecular flexibility index (Phi) is 3.81. The first kappa shape index (κ1) is 13.8. The van der Waals surface area contributed by atoms with E-state index in [2.05, 4.69) is 5.32 Å². The lowest BCUT2D eigenvalue weighted by Crippen LogP contribution is -2.13. The van der Waals surface area contributed by atoms with E-state index < -0.39 is 22.8 Å². The maximum absolute atomic E-state index is 11.9. The maximum Gasteiger partial charge on any atom is 0.433 e. The molecule has 7 heteroatoms. The number of benzene rings is 1. The van der Waals surface area contributed by atoms with Crippen molar-refractivity contribution < 1.29 is 19.2 Å². The van der Waals surface area contributed by atoms with Crippen LogP contribution < -0.4 is 5.32 Å². The monoisotopic (exact) mass is 276 g/mol. The summed E-state index contributed by atoms with van der Waals surface area (Å²) < 4.78 is 4.81. The number of nitrogens with one attached hydrogen (secondary N) is 1. The summed E-state index contributed by atoms with van der Waals surface area (Å²) in [5, 5.41) is 22.6. The minimum absolute atomic E-state index is 0.169. The summed E-state index contributed by atoms with van der Waals surface area (Å²) in [5.41, 5.74) is 0.966. The molecule has 7 nitrogen and oxygen atoms in total. The molecule has 0 radical (unpaired) electrons. The van der Waals surface area contributed by atoms with Crippen LogP contribution in [0.25, 0.3) is 0 Å². The summed E-state index contributed by atoms with van der Waals surface area (Å²) in [6, 6.07) is 9.05. The number of aliphatic hydroxyl groups is 1. The van der Waals surface area contributed by atoms with E-state index in [9.17, 15) is 20.0 Å². The highest BCUT2D eigenvalue weighted by molar-refractivity contribution is 6.02. The molecule has 0 spiro atoms. The zero-order valence-corrected chi connectivity index (χ0v) is 10.6. The van der Waals surface area contributed by atoms with Gasteiger partial charge in [0.05, 0.1) is 12.2 Å². The molecule has 1 amide bonds. The van der Waals surface area contributed by atoms with E-state index in [0.717, 1.165) is 6.07 Å². The Morgan fingerprint density at radius 1 is 1.35 bits per heavy atom. The summed E-state index contributed by atoms with van der Waals surface area (Å²) in [5.74, 6) is -1.29. The molecule has 2 N–H and O–H groups in total. The molecule has 0 fully saturated rings. The number of anilines is 1. The van der Waals surface area contributed by atoms with Crippen LogP contribution in [-0.2, 0) is 0 Å². The van der Waals surface area contributed by atoms with Crippen LogP contribution in [0.15, 0.2) is 40.8 Å². The van der Waals surface area contributed by atoms with Gasteiger partial charge in [-0.1, -0.05) is 18.2 Å². The summed E-state index contributed by atoms with van der Waals surface area (Å²) in [6.45, 7) is 1.57. The second-order valence-electron chi connectivity index (χ2n) is 4.11. The predicted molar refractivity (Wildman–Crippen MR) is 70.4 cm³/mol. The van der Waals surface area contributed by atoms with Gasteiger partial charge in [-0.3, -0.25) is 14.9 Å². The largest absolute Gasteiger partial charge is 0.433 e. The van der Waals surface area contributed by atoms with Gasteiger partial charge in [0.15, 0.2) is 5.76 Å². The van der Waals surface area contributed by atoms with E-state index in [0.29, 0.717) is 11.3 Å². The molecule has 0 saturated carbocycles. The molecule has 104 valence electrons. The minimum Gasteiger partial charge on any atom is -0.395 e. The second-order valence-corrected chi connectivity index (χ2v) is 4.11. The number of para-hydroxylation sites is 1. The van der Waals surface area contributed by atoms with Crippen molar-refractivity contribution >= 4 is 17.5 Å². The summed E-state index contributed by atoms with van der Waals surface area (Å²) in [7, 11) is 0. The van der Waals surface area contributed by atoms with Crippen LogP contribution in [0.4, 0.5) is 11.6 Å². The highest BCUT2D eigenvalue weighted by Gasteiger charge is 2.18. The number of furan rings is 1. The van der Waals surface area contributed by atoms with Gasteiger partial charge in [-0.15, -0.1) is 0 Å². The Balaban J connectivity index is 2.21. The molecule has 0 aliphatic carbocycles. The van der Waals surface area contributed by atoms with E-state index in [1.165, 1.54) is 6.07 Å². The highest BCUT2D eigenvalue weighted by Crippen LogP contribution is 2.23. The van der Waals surface area contributed by atoms with Gasteiger partial charge in [0.1, 0.15) is 4.92 Å². The molecule has 2 aromatic rings. The number of nitro groups is 1. The third-order valence-electron chi connectivity index (χ3n) is 2.65. The molecular weight excluding hydrogens is 264 g/mol. The van der Waals surface area contributed by atoms with Gasteiger partial charge < -0.3 is 14.8 Å². The quantitative estimate of drug-likeness (QED) is 0.659. The third-order valence-corrected chi connectivity index (χ3v) is 2.65. The van der Waals surface area contributed by atoms with Crippen LogP contribution in [0.1, 0.15) is 29.1 Å². The minimum atomic E-state index is -0.752. The second kappa shape index (κ2) is 5.54. The van der Waals surface area contributed by atoms with Crippen molar-refractivity contribution in [2.75, 3.05) is 5.32 Å². The van der Waals surface area contributed by atoms with E-state index in [1.807, 2.05) is 0 Å². The molecule has 1 heterocycles. The maximum atomic E-state index is 11.9. The van der Waals surface area contributed by atoms with Crippen molar-refractivity contribution in [2.45, 2.75) is 13.0 Å². The van der Waals surface area contributed by atoms with Gasteiger partial charge in [-0.2, -0.15) is 0 Å². The predicted octanol–water partition coefficient (Wildman–Crippen LogP) is 2.49. The lowest BCUT2D eigenvalue weighted by Gasteiger charge is -2.11. The number of amides is 1. The highest BCUT2D eigenvalue weighted by atomic mass is 16.6. The number of nitrogens with zero attached hydrogens (tertiary/aromatic N) is 1. The van der Waals surface area contributed by atoms with Gasteiger partial charge in [0.2, 0.25) is 0 Å². The average Bonchev–Trinajstić information content (AvgIpc) is 2.89. The fourth-order valence-electron chi connectivity index (χ4n) is 1.71. The molecule has 1 unspecified atom stereocenters.